The molecule has 0 amide bonds. The Morgan fingerprint density at radius 1 is 1.25 bits per heavy atom. The number of nitrogens with two attached hydrogens (primary N) is 1. The monoisotopic (exact) mass is 281 g/mol. The van der Waals surface area contributed by atoms with Crippen molar-refractivity contribution < 1.29 is 0 Å². The second-order valence-electron chi connectivity index (χ2n) is 4.95. The predicted molar refractivity (Wildman–Crippen MR) is 72.4 cm³/mol. The summed E-state index contributed by atoms with van der Waals surface area (Å²) >= 11 is 3.63. The lowest BCUT2D eigenvalue weighted by Crippen LogP contribution is -2.23. The molecular formula is C14H20BrN. The van der Waals surface area contributed by atoms with E-state index in [1.54, 1.807) is 0 Å². The normalized spacial score (nSPS) is 19.7. The van der Waals surface area contributed by atoms with Crippen LogP contribution in [0.4, 0.5) is 0 Å². The molecule has 0 radical (unpaired) electrons. The average molecular weight is 282 g/mol. The molecule has 1 fully saturated rings. The van der Waals surface area contributed by atoms with Gasteiger partial charge in [0.25, 0.3) is 0 Å². The van der Waals surface area contributed by atoms with Crippen LogP contribution in [0.3, 0.4) is 0 Å². The van der Waals surface area contributed by atoms with Gasteiger partial charge in [-0.05, 0) is 42.9 Å². The molecule has 2 heteroatoms. The van der Waals surface area contributed by atoms with Gasteiger partial charge in [0, 0.05) is 10.5 Å². The average Bonchev–Trinajstić information content (AvgIpc) is 2.29. The van der Waals surface area contributed by atoms with Crippen LogP contribution >= 0.6 is 15.9 Å². The maximum absolute atomic E-state index is 6.39. The van der Waals surface area contributed by atoms with Crippen LogP contribution in [-0.2, 0) is 0 Å². The van der Waals surface area contributed by atoms with Crippen molar-refractivity contribution in [1.29, 1.82) is 0 Å². The van der Waals surface area contributed by atoms with Crippen molar-refractivity contribution in [3.8, 4) is 0 Å². The van der Waals surface area contributed by atoms with E-state index in [0.717, 1.165) is 0 Å². The highest BCUT2D eigenvalue weighted by Gasteiger charge is 2.23. The van der Waals surface area contributed by atoms with Crippen molar-refractivity contribution in [3.63, 3.8) is 0 Å². The highest BCUT2D eigenvalue weighted by Crippen LogP contribution is 2.35. The zero-order chi connectivity index (χ0) is 11.5. The van der Waals surface area contributed by atoms with Crippen LogP contribution in [0.5, 0.6) is 0 Å². The van der Waals surface area contributed by atoms with Crippen LogP contribution in [0, 0.1) is 12.8 Å². The minimum Gasteiger partial charge on any atom is -0.324 e. The molecule has 0 aliphatic heterocycles. The van der Waals surface area contributed by atoms with Gasteiger partial charge in [0.15, 0.2) is 0 Å². The van der Waals surface area contributed by atoms with Gasteiger partial charge >= 0.3 is 0 Å². The summed E-state index contributed by atoms with van der Waals surface area (Å²) in [6.45, 7) is 2.11. The molecule has 1 aromatic carbocycles. The SMILES string of the molecule is Cc1ccc(C(N)C2CCCCC2)c(Br)c1. The Morgan fingerprint density at radius 2 is 1.94 bits per heavy atom. The first-order valence-corrected chi connectivity index (χ1v) is 6.99. The van der Waals surface area contributed by atoms with E-state index in [1.165, 1.54) is 47.7 Å². The maximum Gasteiger partial charge on any atom is 0.0334 e. The molecule has 1 saturated carbocycles. The van der Waals surface area contributed by atoms with E-state index in [4.69, 9.17) is 5.73 Å². The van der Waals surface area contributed by atoms with Gasteiger partial charge in [-0.15, -0.1) is 0 Å². The Hall–Kier alpha value is -0.340. The molecule has 16 heavy (non-hydrogen) atoms. The number of hydrogen-bond acceptors (Lipinski definition) is 1. The molecule has 1 nitrogen and oxygen atoms in total. The molecule has 1 unspecified atom stereocenters. The third-order valence-electron chi connectivity index (χ3n) is 3.67. The lowest BCUT2D eigenvalue weighted by atomic mass is 9.81. The molecular weight excluding hydrogens is 262 g/mol. The van der Waals surface area contributed by atoms with Gasteiger partial charge in [0.2, 0.25) is 0 Å². The van der Waals surface area contributed by atoms with Crippen molar-refractivity contribution in [2.45, 2.75) is 45.1 Å². The maximum atomic E-state index is 6.39. The van der Waals surface area contributed by atoms with Crippen LogP contribution in [0.1, 0.15) is 49.3 Å². The van der Waals surface area contributed by atoms with Crippen molar-refractivity contribution >= 4 is 15.9 Å². The molecule has 0 saturated heterocycles. The summed E-state index contributed by atoms with van der Waals surface area (Å²) in [5.74, 6) is 0.674. The third-order valence-corrected chi connectivity index (χ3v) is 4.36. The van der Waals surface area contributed by atoms with Crippen molar-refractivity contribution in [3.05, 3.63) is 33.8 Å². The van der Waals surface area contributed by atoms with E-state index in [0.29, 0.717) is 5.92 Å². The van der Waals surface area contributed by atoms with Gasteiger partial charge in [-0.3, -0.25) is 0 Å². The second-order valence-corrected chi connectivity index (χ2v) is 5.80. The number of benzene rings is 1. The molecule has 0 aromatic heterocycles. The van der Waals surface area contributed by atoms with Crippen molar-refractivity contribution in [1.82, 2.24) is 0 Å². The first kappa shape index (κ1) is 12.1. The van der Waals surface area contributed by atoms with Crippen molar-refractivity contribution in [2.24, 2.45) is 11.7 Å². The van der Waals surface area contributed by atoms with Crippen LogP contribution in [0.25, 0.3) is 0 Å². The quantitative estimate of drug-likeness (QED) is 0.858. The Kier molecular flexibility index (Phi) is 4.04. The number of rotatable bonds is 2. The van der Waals surface area contributed by atoms with E-state index >= 15 is 0 Å². The number of halogens is 1. The van der Waals surface area contributed by atoms with E-state index in [1.807, 2.05) is 0 Å². The molecule has 1 aliphatic rings. The minimum atomic E-state index is 0.204. The van der Waals surface area contributed by atoms with Gasteiger partial charge in [0.1, 0.15) is 0 Å². The molecule has 0 heterocycles. The van der Waals surface area contributed by atoms with Crippen LogP contribution in [-0.4, -0.2) is 0 Å². The number of aryl methyl sites for hydroxylation is 1. The largest absolute Gasteiger partial charge is 0.324 e. The fraction of sp³-hybridized carbons (Fsp3) is 0.571. The highest BCUT2D eigenvalue weighted by atomic mass is 79.9. The molecule has 0 spiro atoms. The van der Waals surface area contributed by atoms with E-state index in [-0.39, 0.29) is 6.04 Å². The molecule has 1 aliphatic carbocycles. The topological polar surface area (TPSA) is 26.0 Å². The van der Waals surface area contributed by atoms with Gasteiger partial charge in [0.05, 0.1) is 0 Å². The van der Waals surface area contributed by atoms with E-state index < -0.39 is 0 Å². The summed E-state index contributed by atoms with van der Waals surface area (Å²) in [5.41, 5.74) is 8.95. The standard InChI is InChI=1S/C14H20BrN/c1-10-7-8-12(13(15)9-10)14(16)11-5-3-2-4-6-11/h7-9,11,14H,2-6,16H2,1H3. The molecule has 2 N–H and O–H groups in total. The zero-order valence-corrected chi connectivity index (χ0v) is 11.5. The second kappa shape index (κ2) is 5.33. The predicted octanol–water partition coefficient (Wildman–Crippen LogP) is 4.34. The first-order valence-electron chi connectivity index (χ1n) is 6.20. The summed E-state index contributed by atoms with van der Waals surface area (Å²) in [6, 6.07) is 6.70. The summed E-state index contributed by atoms with van der Waals surface area (Å²) < 4.78 is 1.17. The zero-order valence-electron chi connectivity index (χ0n) is 9.88. The van der Waals surface area contributed by atoms with Crippen LogP contribution in [0.2, 0.25) is 0 Å². The van der Waals surface area contributed by atoms with Gasteiger partial charge < -0.3 is 5.73 Å². The Bertz CT molecular complexity index is 356. The fourth-order valence-corrected chi connectivity index (χ4v) is 3.41. The Morgan fingerprint density at radius 3 is 2.56 bits per heavy atom. The van der Waals surface area contributed by atoms with Crippen LogP contribution < -0.4 is 5.73 Å². The fourth-order valence-electron chi connectivity index (χ4n) is 2.65. The van der Waals surface area contributed by atoms with E-state index in [2.05, 4.69) is 41.1 Å². The van der Waals surface area contributed by atoms with Gasteiger partial charge in [-0.25, -0.2) is 0 Å². The molecule has 88 valence electrons. The Balaban J connectivity index is 2.15. The van der Waals surface area contributed by atoms with Crippen LogP contribution in [0.15, 0.2) is 22.7 Å². The lowest BCUT2D eigenvalue weighted by molar-refractivity contribution is 0.307. The van der Waals surface area contributed by atoms with Crippen molar-refractivity contribution in [2.75, 3.05) is 0 Å². The summed E-state index contributed by atoms with van der Waals surface area (Å²) in [7, 11) is 0. The smallest absolute Gasteiger partial charge is 0.0334 e. The first-order chi connectivity index (χ1) is 7.68. The summed E-state index contributed by atoms with van der Waals surface area (Å²) in [4.78, 5) is 0. The molecule has 1 atom stereocenters. The lowest BCUT2D eigenvalue weighted by Gasteiger charge is -2.28. The molecule has 0 bridgehead atoms. The number of hydrogen-bond donors (Lipinski definition) is 1. The molecule has 2 rings (SSSR count). The third kappa shape index (κ3) is 2.67. The Labute approximate surface area is 107 Å². The summed E-state index contributed by atoms with van der Waals surface area (Å²) in [6.07, 6.45) is 6.67. The minimum absolute atomic E-state index is 0.204. The van der Waals surface area contributed by atoms with Gasteiger partial charge in [-0.1, -0.05) is 47.3 Å². The molecule has 1 aromatic rings. The summed E-state index contributed by atoms with van der Waals surface area (Å²) in [5, 5.41) is 0. The van der Waals surface area contributed by atoms with Gasteiger partial charge in [-0.2, -0.15) is 0 Å². The van der Waals surface area contributed by atoms with E-state index in [9.17, 15) is 0 Å². The highest BCUT2D eigenvalue weighted by molar-refractivity contribution is 9.10.